The van der Waals surface area contributed by atoms with E-state index in [1.807, 2.05) is 12.1 Å². The Bertz CT molecular complexity index is 1090. The van der Waals surface area contributed by atoms with Crippen LogP contribution in [0.15, 0.2) is 73.2 Å². The molecule has 0 saturated heterocycles. The van der Waals surface area contributed by atoms with E-state index in [1.54, 1.807) is 42.9 Å². The fourth-order valence-corrected chi connectivity index (χ4v) is 3.22. The predicted molar refractivity (Wildman–Crippen MR) is 106 cm³/mol. The van der Waals surface area contributed by atoms with Gasteiger partial charge in [0, 0.05) is 42.6 Å². The first kappa shape index (κ1) is 17.9. The highest BCUT2D eigenvalue weighted by Gasteiger charge is 2.12. The van der Waals surface area contributed by atoms with Gasteiger partial charge in [-0.1, -0.05) is 0 Å². The number of hydrogen-bond donors (Lipinski definition) is 1. The zero-order valence-electron chi connectivity index (χ0n) is 15.2. The van der Waals surface area contributed by atoms with E-state index in [9.17, 15) is 9.18 Å². The second kappa shape index (κ2) is 8.00. The Kier molecular flexibility index (Phi) is 5.10. The van der Waals surface area contributed by atoms with Gasteiger partial charge in [-0.3, -0.25) is 9.78 Å². The molecule has 6 heteroatoms. The van der Waals surface area contributed by atoms with Gasteiger partial charge in [0.1, 0.15) is 11.5 Å². The Labute approximate surface area is 161 Å². The molecule has 0 aliphatic carbocycles. The van der Waals surface area contributed by atoms with Crippen molar-refractivity contribution in [1.29, 1.82) is 0 Å². The predicted octanol–water partition coefficient (Wildman–Crippen LogP) is 4.06. The van der Waals surface area contributed by atoms with Crippen LogP contribution in [0, 0.1) is 5.82 Å². The van der Waals surface area contributed by atoms with E-state index in [4.69, 9.17) is 0 Å². The number of aryl methyl sites for hydroxylation is 1. The number of aromatic nitrogens is 3. The van der Waals surface area contributed by atoms with Gasteiger partial charge >= 0.3 is 0 Å². The molecule has 1 amide bonds. The Balaban J connectivity index is 1.50. The van der Waals surface area contributed by atoms with Crippen LogP contribution >= 0.6 is 0 Å². The van der Waals surface area contributed by atoms with Gasteiger partial charge in [0.05, 0.1) is 5.69 Å². The van der Waals surface area contributed by atoms with E-state index in [0.29, 0.717) is 18.7 Å². The molecular weight excluding hydrogens is 355 g/mol. The van der Waals surface area contributed by atoms with Crippen LogP contribution in [0.5, 0.6) is 0 Å². The summed E-state index contributed by atoms with van der Waals surface area (Å²) in [4.78, 5) is 20.6. The third-order valence-electron chi connectivity index (χ3n) is 4.58. The highest BCUT2D eigenvalue weighted by atomic mass is 19.1. The number of nitrogens with one attached hydrogen (secondary N) is 1. The Morgan fingerprint density at radius 3 is 2.61 bits per heavy atom. The maximum Gasteiger partial charge on any atom is 0.251 e. The van der Waals surface area contributed by atoms with Crippen LogP contribution < -0.4 is 5.32 Å². The summed E-state index contributed by atoms with van der Waals surface area (Å²) < 4.78 is 15.4. The summed E-state index contributed by atoms with van der Waals surface area (Å²) in [5.41, 5.74) is 3.38. The number of carbonyl (C=O) groups excluding carboxylic acids is 1. The quantitative estimate of drug-likeness (QED) is 0.518. The SMILES string of the molecule is O=C(NCCCn1c(-c2ccc(F)cc2)cc2cccnc21)c1ccncc1. The first-order valence-corrected chi connectivity index (χ1v) is 9.11. The lowest BCUT2D eigenvalue weighted by atomic mass is 10.1. The molecule has 0 saturated carbocycles. The van der Waals surface area contributed by atoms with Crippen molar-refractivity contribution in [3.05, 3.63) is 84.6 Å². The van der Waals surface area contributed by atoms with E-state index in [-0.39, 0.29) is 11.7 Å². The van der Waals surface area contributed by atoms with E-state index < -0.39 is 0 Å². The average Bonchev–Trinajstić information content (AvgIpc) is 3.11. The number of pyridine rings is 2. The molecule has 0 aliphatic heterocycles. The van der Waals surface area contributed by atoms with Crippen LogP contribution in [0.2, 0.25) is 0 Å². The van der Waals surface area contributed by atoms with Crippen LogP contribution in [0.25, 0.3) is 22.3 Å². The maximum absolute atomic E-state index is 13.3. The van der Waals surface area contributed by atoms with Crippen LogP contribution in [-0.4, -0.2) is 27.0 Å². The van der Waals surface area contributed by atoms with Crippen molar-refractivity contribution in [2.45, 2.75) is 13.0 Å². The van der Waals surface area contributed by atoms with Gasteiger partial charge in [-0.2, -0.15) is 0 Å². The van der Waals surface area contributed by atoms with Gasteiger partial charge in [0.2, 0.25) is 0 Å². The summed E-state index contributed by atoms with van der Waals surface area (Å²) in [6.45, 7) is 1.22. The Morgan fingerprint density at radius 1 is 1.04 bits per heavy atom. The molecule has 0 spiro atoms. The van der Waals surface area contributed by atoms with E-state index in [0.717, 1.165) is 28.7 Å². The van der Waals surface area contributed by atoms with Crippen molar-refractivity contribution in [2.24, 2.45) is 0 Å². The van der Waals surface area contributed by atoms with Gasteiger partial charge in [0.25, 0.3) is 5.91 Å². The first-order chi connectivity index (χ1) is 13.7. The van der Waals surface area contributed by atoms with Gasteiger partial charge in [0.15, 0.2) is 0 Å². The second-order valence-electron chi connectivity index (χ2n) is 6.45. The van der Waals surface area contributed by atoms with Crippen LogP contribution in [0.4, 0.5) is 4.39 Å². The molecule has 1 aromatic carbocycles. The lowest BCUT2D eigenvalue weighted by Crippen LogP contribution is -2.25. The van der Waals surface area contributed by atoms with Crippen LogP contribution in [0.1, 0.15) is 16.8 Å². The van der Waals surface area contributed by atoms with Gasteiger partial charge in [-0.25, -0.2) is 9.37 Å². The minimum absolute atomic E-state index is 0.114. The summed E-state index contributed by atoms with van der Waals surface area (Å²) in [6.07, 6.45) is 5.70. The molecule has 0 unspecified atom stereocenters. The molecule has 5 nitrogen and oxygen atoms in total. The molecule has 0 aliphatic rings. The van der Waals surface area contributed by atoms with E-state index in [1.165, 1.54) is 12.1 Å². The molecule has 4 rings (SSSR count). The van der Waals surface area contributed by atoms with Gasteiger partial charge in [-0.05, 0) is 66.6 Å². The standard InChI is InChI=1S/C22H19FN4O/c23-19-6-4-16(5-7-19)20-15-18-3-1-10-25-21(18)27(20)14-2-11-26-22(28)17-8-12-24-13-9-17/h1,3-10,12-13,15H,2,11,14H2,(H,26,28). The molecule has 0 atom stereocenters. The number of nitrogens with zero attached hydrogens (tertiary/aromatic N) is 3. The van der Waals surface area contributed by atoms with Gasteiger partial charge < -0.3 is 9.88 Å². The number of amides is 1. The fourth-order valence-electron chi connectivity index (χ4n) is 3.22. The van der Waals surface area contributed by atoms with Gasteiger partial charge in [-0.15, -0.1) is 0 Å². The van der Waals surface area contributed by atoms with E-state index in [2.05, 4.69) is 25.9 Å². The maximum atomic E-state index is 13.3. The molecule has 28 heavy (non-hydrogen) atoms. The molecule has 3 aromatic heterocycles. The average molecular weight is 374 g/mol. The van der Waals surface area contributed by atoms with Crippen LogP contribution in [-0.2, 0) is 6.54 Å². The zero-order valence-corrected chi connectivity index (χ0v) is 15.2. The smallest absolute Gasteiger partial charge is 0.251 e. The lowest BCUT2D eigenvalue weighted by molar-refractivity contribution is 0.0952. The molecule has 3 heterocycles. The summed E-state index contributed by atoms with van der Waals surface area (Å²) in [5.74, 6) is -0.375. The van der Waals surface area contributed by atoms with Crippen molar-refractivity contribution in [3.8, 4) is 11.3 Å². The third-order valence-corrected chi connectivity index (χ3v) is 4.58. The minimum atomic E-state index is -0.261. The topological polar surface area (TPSA) is 59.8 Å². The third kappa shape index (κ3) is 3.76. The van der Waals surface area contributed by atoms with E-state index >= 15 is 0 Å². The summed E-state index contributed by atoms with van der Waals surface area (Å²) in [5, 5.41) is 3.96. The fraction of sp³-hybridized carbons (Fsp3) is 0.136. The number of hydrogen-bond acceptors (Lipinski definition) is 3. The highest BCUT2D eigenvalue weighted by molar-refractivity contribution is 5.93. The van der Waals surface area contributed by atoms with Crippen molar-refractivity contribution in [3.63, 3.8) is 0 Å². The van der Waals surface area contributed by atoms with Crippen molar-refractivity contribution >= 4 is 16.9 Å². The molecule has 1 N–H and O–H groups in total. The number of fused-ring (bicyclic) bond motifs is 1. The van der Waals surface area contributed by atoms with Crippen LogP contribution in [0.3, 0.4) is 0 Å². The molecule has 4 aromatic rings. The molecule has 0 fully saturated rings. The molecule has 140 valence electrons. The Morgan fingerprint density at radius 2 is 1.82 bits per heavy atom. The number of benzene rings is 1. The normalized spacial score (nSPS) is 10.9. The largest absolute Gasteiger partial charge is 0.352 e. The second-order valence-corrected chi connectivity index (χ2v) is 6.45. The summed E-state index contributed by atoms with van der Waals surface area (Å²) >= 11 is 0. The van der Waals surface area contributed by atoms with Crippen molar-refractivity contribution in [2.75, 3.05) is 6.54 Å². The number of halogens is 1. The molecule has 0 radical (unpaired) electrons. The number of carbonyl (C=O) groups is 1. The monoisotopic (exact) mass is 374 g/mol. The lowest BCUT2D eigenvalue weighted by Gasteiger charge is -2.11. The van der Waals surface area contributed by atoms with Crippen molar-refractivity contribution in [1.82, 2.24) is 19.9 Å². The summed E-state index contributed by atoms with van der Waals surface area (Å²) in [6, 6.07) is 15.8. The molecular formula is C22H19FN4O. The summed E-state index contributed by atoms with van der Waals surface area (Å²) in [7, 11) is 0. The zero-order chi connectivity index (χ0) is 19.3. The first-order valence-electron chi connectivity index (χ1n) is 9.11. The number of rotatable bonds is 6. The highest BCUT2D eigenvalue weighted by Crippen LogP contribution is 2.27. The minimum Gasteiger partial charge on any atom is -0.352 e. The Hall–Kier alpha value is -3.54. The van der Waals surface area contributed by atoms with Crippen molar-refractivity contribution < 1.29 is 9.18 Å². The molecule has 0 bridgehead atoms.